The summed E-state index contributed by atoms with van der Waals surface area (Å²) in [6.07, 6.45) is -5.13. The van der Waals surface area contributed by atoms with Crippen LogP contribution in [0.25, 0.3) is 0 Å². The fourth-order valence-corrected chi connectivity index (χ4v) is 1.63. The van der Waals surface area contributed by atoms with Gasteiger partial charge in [-0.2, -0.15) is 0 Å². The Hall–Kier alpha value is -1.92. The van der Waals surface area contributed by atoms with Gasteiger partial charge >= 0.3 is 12.3 Å². The molecule has 0 aliphatic carbocycles. The predicted molar refractivity (Wildman–Crippen MR) is 60.3 cm³/mol. The number of halogens is 3. The first-order valence-electron chi connectivity index (χ1n) is 5.38. The van der Waals surface area contributed by atoms with E-state index in [1.807, 2.05) is 0 Å². The molecule has 0 heterocycles. The zero-order valence-corrected chi connectivity index (χ0v) is 10.3. The predicted octanol–water partition coefficient (Wildman–Crippen LogP) is 3.17. The number of alkyl halides is 3. The first-order valence-corrected chi connectivity index (χ1v) is 5.38. The summed E-state index contributed by atoms with van der Waals surface area (Å²) >= 11 is 0. The Bertz CT molecular complexity index is 457. The molecule has 1 rings (SSSR count). The van der Waals surface area contributed by atoms with Crippen LogP contribution < -0.4 is 9.47 Å². The highest BCUT2D eigenvalue weighted by Gasteiger charge is 2.33. The highest BCUT2D eigenvalue weighted by molar-refractivity contribution is 5.68. The van der Waals surface area contributed by atoms with Gasteiger partial charge in [0.2, 0.25) is 0 Å². The summed E-state index contributed by atoms with van der Waals surface area (Å²) < 4.78 is 45.6. The molecule has 0 aliphatic heterocycles. The lowest BCUT2D eigenvalue weighted by Crippen LogP contribution is -2.19. The van der Waals surface area contributed by atoms with E-state index in [1.54, 1.807) is 0 Å². The fourth-order valence-electron chi connectivity index (χ4n) is 1.63. The molecule has 1 aromatic carbocycles. The Balaban J connectivity index is 3.11. The quantitative estimate of drug-likeness (QED) is 0.898. The van der Waals surface area contributed by atoms with Gasteiger partial charge in [-0.25, -0.2) is 0 Å². The molecule has 0 aliphatic rings. The summed E-state index contributed by atoms with van der Waals surface area (Å²) in [6, 6.07) is 3.91. The van der Waals surface area contributed by atoms with Gasteiger partial charge < -0.3 is 14.6 Å². The van der Waals surface area contributed by atoms with Gasteiger partial charge in [0.15, 0.2) is 0 Å². The van der Waals surface area contributed by atoms with Gasteiger partial charge in [0.05, 0.1) is 13.5 Å². The van der Waals surface area contributed by atoms with Crippen molar-refractivity contribution in [3.05, 3.63) is 23.8 Å². The zero-order chi connectivity index (χ0) is 14.6. The van der Waals surface area contributed by atoms with Crippen LogP contribution in [0, 0.1) is 0 Å². The monoisotopic (exact) mass is 278 g/mol. The molecule has 4 nitrogen and oxygen atoms in total. The fraction of sp³-hybridized carbons (Fsp3) is 0.417. The number of aliphatic carboxylic acids is 1. The third-order valence-electron chi connectivity index (χ3n) is 2.46. The molecule has 0 amide bonds. The van der Waals surface area contributed by atoms with E-state index in [2.05, 4.69) is 4.74 Å². The molecule has 1 aromatic rings. The number of carboxylic acids is 1. The minimum atomic E-state index is -4.84. The molecular weight excluding hydrogens is 265 g/mol. The van der Waals surface area contributed by atoms with Crippen LogP contribution in [0.4, 0.5) is 13.2 Å². The number of carboxylic acid groups (broad SMARTS) is 1. The third kappa shape index (κ3) is 4.69. The van der Waals surface area contributed by atoms with Crippen LogP contribution in [0.2, 0.25) is 0 Å². The van der Waals surface area contributed by atoms with Crippen molar-refractivity contribution in [3.63, 3.8) is 0 Å². The molecule has 0 fully saturated rings. The van der Waals surface area contributed by atoms with Crippen LogP contribution in [0.15, 0.2) is 18.2 Å². The average molecular weight is 278 g/mol. The van der Waals surface area contributed by atoms with Crippen LogP contribution in [0.3, 0.4) is 0 Å². The van der Waals surface area contributed by atoms with E-state index in [-0.39, 0.29) is 17.7 Å². The van der Waals surface area contributed by atoms with Gasteiger partial charge in [-0.05, 0) is 17.5 Å². The molecule has 1 N–H and O–H groups in total. The van der Waals surface area contributed by atoms with E-state index in [9.17, 15) is 18.0 Å². The maximum Gasteiger partial charge on any atom is 0.573 e. The Morgan fingerprint density at radius 3 is 2.53 bits per heavy atom. The maximum atomic E-state index is 12.3. The van der Waals surface area contributed by atoms with Gasteiger partial charge in [0, 0.05) is 6.07 Å². The first kappa shape index (κ1) is 15.1. The molecule has 0 bridgehead atoms. The van der Waals surface area contributed by atoms with Crippen molar-refractivity contribution in [2.75, 3.05) is 7.11 Å². The van der Waals surface area contributed by atoms with Crippen molar-refractivity contribution in [2.45, 2.75) is 25.6 Å². The number of benzene rings is 1. The van der Waals surface area contributed by atoms with E-state index >= 15 is 0 Å². The highest BCUT2D eigenvalue weighted by atomic mass is 19.4. The molecule has 0 radical (unpaired) electrons. The van der Waals surface area contributed by atoms with Crippen molar-refractivity contribution in [1.82, 2.24) is 0 Å². The molecule has 7 heteroatoms. The minimum Gasteiger partial charge on any atom is -0.497 e. The van der Waals surface area contributed by atoms with Gasteiger partial charge in [0.1, 0.15) is 11.5 Å². The van der Waals surface area contributed by atoms with Crippen molar-refractivity contribution < 1.29 is 32.5 Å². The summed E-state index contributed by atoms with van der Waals surface area (Å²) in [4.78, 5) is 10.6. The lowest BCUT2D eigenvalue weighted by atomic mass is 9.97. The Morgan fingerprint density at radius 2 is 2.05 bits per heavy atom. The number of hydrogen-bond acceptors (Lipinski definition) is 3. The number of hydrogen-bond donors (Lipinski definition) is 1. The molecule has 0 saturated carbocycles. The van der Waals surface area contributed by atoms with Gasteiger partial charge in [0.25, 0.3) is 0 Å². The normalized spacial score (nSPS) is 12.9. The summed E-state index contributed by atoms with van der Waals surface area (Å²) in [5, 5.41) is 8.68. The molecule has 1 atom stereocenters. The van der Waals surface area contributed by atoms with Crippen LogP contribution in [-0.4, -0.2) is 24.5 Å². The number of methoxy groups -OCH3 is 1. The van der Waals surface area contributed by atoms with Crippen molar-refractivity contribution in [3.8, 4) is 11.5 Å². The van der Waals surface area contributed by atoms with Gasteiger partial charge in [-0.1, -0.05) is 13.0 Å². The van der Waals surface area contributed by atoms with E-state index in [4.69, 9.17) is 9.84 Å². The molecule has 1 unspecified atom stereocenters. The second kappa shape index (κ2) is 5.81. The van der Waals surface area contributed by atoms with Crippen LogP contribution in [0.1, 0.15) is 24.8 Å². The number of ether oxygens (including phenoxy) is 2. The Labute approximate surface area is 107 Å². The SMILES string of the molecule is COc1ccc(C(C)CC(=O)O)c(OC(F)(F)F)c1. The number of carbonyl (C=O) groups is 1. The molecule has 19 heavy (non-hydrogen) atoms. The smallest absolute Gasteiger partial charge is 0.497 e. The molecular formula is C12H13F3O4. The van der Waals surface area contributed by atoms with E-state index < -0.39 is 24.0 Å². The largest absolute Gasteiger partial charge is 0.573 e. The highest BCUT2D eigenvalue weighted by Crippen LogP contribution is 2.35. The van der Waals surface area contributed by atoms with Crippen molar-refractivity contribution >= 4 is 5.97 Å². The van der Waals surface area contributed by atoms with Crippen molar-refractivity contribution in [2.24, 2.45) is 0 Å². The summed E-state index contributed by atoms with van der Waals surface area (Å²) in [5.41, 5.74) is 0.167. The Kier molecular flexibility index (Phi) is 4.63. The molecule has 106 valence electrons. The average Bonchev–Trinajstić information content (AvgIpc) is 2.25. The zero-order valence-electron chi connectivity index (χ0n) is 10.3. The van der Waals surface area contributed by atoms with Crippen LogP contribution in [0.5, 0.6) is 11.5 Å². The Morgan fingerprint density at radius 1 is 1.42 bits per heavy atom. The molecule has 0 saturated heterocycles. The lowest BCUT2D eigenvalue weighted by Gasteiger charge is -2.17. The second-order valence-electron chi connectivity index (χ2n) is 3.95. The van der Waals surface area contributed by atoms with Crippen LogP contribution in [-0.2, 0) is 4.79 Å². The van der Waals surface area contributed by atoms with Gasteiger partial charge in [-0.15, -0.1) is 13.2 Å². The topological polar surface area (TPSA) is 55.8 Å². The summed E-state index contributed by atoms with van der Waals surface area (Å²) in [5.74, 6) is -1.95. The number of rotatable bonds is 5. The van der Waals surface area contributed by atoms with E-state index in [1.165, 1.54) is 26.2 Å². The lowest BCUT2D eigenvalue weighted by molar-refractivity contribution is -0.275. The summed E-state index contributed by atoms with van der Waals surface area (Å²) in [6.45, 7) is 1.51. The molecule has 0 spiro atoms. The minimum absolute atomic E-state index is 0.167. The standard InChI is InChI=1S/C12H13F3O4/c1-7(5-11(16)17)9-4-3-8(18-2)6-10(9)19-12(13,14)15/h3-4,6-7H,5H2,1-2H3,(H,16,17). The van der Waals surface area contributed by atoms with E-state index in [0.29, 0.717) is 0 Å². The molecule has 0 aromatic heterocycles. The van der Waals surface area contributed by atoms with Gasteiger partial charge in [-0.3, -0.25) is 4.79 Å². The first-order chi connectivity index (χ1) is 8.73. The van der Waals surface area contributed by atoms with E-state index in [0.717, 1.165) is 6.07 Å². The third-order valence-corrected chi connectivity index (χ3v) is 2.46. The van der Waals surface area contributed by atoms with Crippen LogP contribution >= 0.6 is 0 Å². The van der Waals surface area contributed by atoms with Crippen molar-refractivity contribution in [1.29, 1.82) is 0 Å². The second-order valence-corrected chi connectivity index (χ2v) is 3.95. The summed E-state index contributed by atoms with van der Waals surface area (Å²) in [7, 11) is 1.31. The maximum absolute atomic E-state index is 12.3.